The third kappa shape index (κ3) is 4.77. The third-order valence-corrected chi connectivity index (χ3v) is 4.16. The summed E-state index contributed by atoms with van der Waals surface area (Å²) in [5.41, 5.74) is 1.27. The molecule has 1 atom stereocenters. The molecule has 0 amide bonds. The van der Waals surface area contributed by atoms with Crippen LogP contribution in [0.2, 0.25) is 0 Å². The van der Waals surface area contributed by atoms with Crippen LogP contribution in [0.5, 0.6) is 0 Å². The minimum atomic E-state index is 0.427. The van der Waals surface area contributed by atoms with Crippen molar-refractivity contribution in [2.45, 2.75) is 40.0 Å². The molecular weight excluding hydrogens is 280 g/mol. The van der Waals surface area contributed by atoms with Crippen molar-refractivity contribution in [3.05, 3.63) is 35.9 Å². The van der Waals surface area contributed by atoms with E-state index < -0.39 is 0 Å². The van der Waals surface area contributed by atoms with Crippen molar-refractivity contribution >= 4 is 16.7 Å². The highest BCUT2D eigenvalue weighted by molar-refractivity contribution is 7.09. The Morgan fingerprint density at radius 3 is 2.67 bits per heavy atom. The Morgan fingerprint density at radius 1 is 1.24 bits per heavy atom. The molecule has 2 rings (SSSR count). The van der Waals surface area contributed by atoms with E-state index in [1.807, 2.05) is 18.5 Å². The van der Waals surface area contributed by atoms with Gasteiger partial charge in [0, 0.05) is 42.8 Å². The van der Waals surface area contributed by atoms with Crippen LogP contribution in [0.25, 0.3) is 0 Å². The summed E-state index contributed by atoms with van der Waals surface area (Å²) in [5, 5.41) is 4.35. The first-order chi connectivity index (χ1) is 10.1. The van der Waals surface area contributed by atoms with Gasteiger partial charge in [0.15, 0.2) is 0 Å². The van der Waals surface area contributed by atoms with Gasteiger partial charge in [0.1, 0.15) is 5.82 Å². The predicted molar refractivity (Wildman–Crippen MR) is 88.8 cm³/mol. The van der Waals surface area contributed by atoms with Crippen LogP contribution in [0.1, 0.15) is 45.0 Å². The molecule has 0 aliphatic heterocycles. The molecule has 0 fully saturated rings. The molecule has 1 unspecified atom stereocenters. The number of aromatic nitrogens is 3. The normalized spacial score (nSPS) is 12.9. The van der Waals surface area contributed by atoms with E-state index in [0.29, 0.717) is 17.8 Å². The Kier molecular flexibility index (Phi) is 5.67. The van der Waals surface area contributed by atoms with Gasteiger partial charge in [0.2, 0.25) is 5.13 Å². The largest absolute Gasteiger partial charge is 0.360 e. The van der Waals surface area contributed by atoms with Gasteiger partial charge in [-0.05, 0) is 23.5 Å². The monoisotopic (exact) mass is 304 g/mol. The molecule has 4 nitrogen and oxygen atoms in total. The summed E-state index contributed by atoms with van der Waals surface area (Å²) in [6, 6.07) is 4.14. The Hall–Kier alpha value is -1.49. The maximum absolute atomic E-state index is 4.56. The Balaban J connectivity index is 1.98. The lowest BCUT2D eigenvalue weighted by atomic mass is 9.89. The van der Waals surface area contributed by atoms with E-state index in [-0.39, 0.29) is 0 Å². The molecule has 0 aliphatic carbocycles. The van der Waals surface area contributed by atoms with Crippen LogP contribution in [-0.2, 0) is 6.42 Å². The van der Waals surface area contributed by atoms with Crippen molar-refractivity contribution in [2.75, 3.05) is 11.9 Å². The number of pyridine rings is 1. The van der Waals surface area contributed by atoms with Gasteiger partial charge in [0.05, 0.1) is 0 Å². The van der Waals surface area contributed by atoms with Crippen molar-refractivity contribution in [1.29, 1.82) is 0 Å². The van der Waals surface area contributed by atoms with Crippen molar-refractivity contribution in [1.82, 2.24) is 14.3 Å². The number of rotatable bonds is 7. The molecule has 0 saturated heterocycles. The van der Waals surface area contributed by atoms with Crippen LogP contribution in [0.15, 0.2) is 24.5 Å². The number of anilines is 1. The second kappa shape index (κ2) is 7.50. The molecule has 2 aromatic heterocycles. The standard InChI is InChI=1S/C16H24N4S/c1-11(2)8-15-19-16(21-20-15)18-10-14(12(3)4)13-6-5-7-17-9-13/h5-7,9,11-12,14H,8,10H2,1-4H3,(H,18,19,20). The van der Waals surface area contributed by atoms with Gasteiger partial charge in [-0.3, -0.25) is 4.98 Å². The summed E-state index contributed by atoms with van der Waals surface area (Å²) < 4.78 is 4.41. The van der Waals surface area contributed by atoms with Gasteiger partial charge < -0.3 is 5.32 Å². The summed E-state index contributed by atoms with van der Waals surface area (Å²) >= 11 is 1.45. The van der Waals surface area contributed by atoms with Gasteiger partial charge in [-0.25, -0.2) is 4.98 Å². The van der Waals surface area contributed by atoms with Crippen LogP contribution in [0.4, 0.5) is 5.13 Å². The Bertz CT molecular complexity index is 536. The Labute approximate surface area is 131 Å². The van der Waals surface area contributed by atoms with Crippen LogP contribution >= 0.6 is 11.5 Å². The molecule has 0 aromatic carbocycles. The summed E-state index contributed by atoms with van der Waals surface area (Å²) in [4.78, 5) is 8.78. The van der Waals surface area contributed by atoms with Crippen molar-refractivity contribution < 1.29 is 0 Å². The second-order valence-corrected chi connectivity index (χ2v) is 6.88. The van der Waals surface area contributed by atoms with Gasteiger partial charge >= 0.3 is 0 Å². The Morgan fingerprint density at radius 2 is 2.05 bits per heavy atom. The molecule has 21 heavy (non-hydrogen) atoms. The lowest BCUT2D eigenvalue weighted by Crippen LogP contribution is -2.18. The van der Waals surface area contributed by atoms with Crippen LogP contribution in [0, 0.1) is 11.8 Å². The molecule has 0 aliphatic rings. The fraction of sp³-hybridized carbons (Fsp3) is 0.562. The highest BCUT2D eigenvalue weighted by atomic mass is 32.1. The average Bonchev–Trinajstić information content (AvgIpc) is 2.86. The number of hydrogen-bond acceptors (Lipinski definition) is 5. The van der Waals surface area contributed by atoms with Gasteiger partial charge in [-0.1, -0.05) is 33.8 Å². The van der Waals surface area contributed by atoms with Crippen molar-refractivity contribution in [3.63, 3.8) is 0 Å². The van der Waals surface area contributed by atoms with Gasteiger partial charge in [0.25, 0.3) is 0 Å². The van der Waals surface area contributed by atoms with E-state index in [1.165, 1.54) is 17.1 Å². The van der Waals surface area contributed by atoms with Gasteiger partial charge in [-0.2, -0.15) is 4.37 Å². The molecular formula is C16H24N4S. The van der Waals surface area contributed by atoms with E-state index in [0.717, 1.165) is 23.9 Å². The SMILES string of the molecule is CC(C)Cc1nsc(NCC(c2cccnc2)C(C)C)n1. The maximum atomic E-state index is 4.56. The van der Waals surface area contributed by atoms with Crippen molar-refractivity contribution in [3.8, 4) is 0 Å². The highest BCUT2D eigenvalue weighted by Crippen LogP contribution is 2.24. The predicted octanol–water partition coefficient (Wildman–Crippen LogP) is 3.98. The summed E-state index contributed by atoms with van der Waals surface area (Å²) in [5.74, 6) is 2.51. The molecule has 114 valence electrons. The van der Waals surface area contributed by atoms with Crippen LogP contribution in [0.3, 0.4) is 0 Å². The molecule has 5 heteroatoms. The molecule has 2 aromatic rings. The van der Waals surface area contributed by atoms with E-state index in [4.69, 9.17) is 0 Å². The third-order valence-electron chi connectivity index (χ3n) is 3.45. The minimum Gasteiger partial charge on any atom is -0.360 e. The molecule has 0 saturated carbocycles. The summed E-state index contributed by atoms with van der Waals surface area (Å²) in [6.07, 6.45) is 4.71. The lowest BCUT2D eigenvalue weighted by molar-refractivity contribution is 0.515. The maximum Gasteiger partial charge on any atom is 0.202 e. The van der Waals surface area contributed by atoms with E-state index >= 15 is 0 Å². The zero-order valence-electron chi connectivity index (χ0n) is 13.2. The van der Waals surface area contributed by atoms with Crippen molar-refractivity contribution in [2.24, 2.45) is 11.8 Å². The first-order valence-electron chi connectivity index (χ1n) is 7.52. The minimum absolute atomic E-state index is 0.427. The summed E-state index contributed by atoms with van der Waals surface area (Å²) in [7, 11) is 0. The van der Waals surface area contributed by atoms with Crippen LogP contribution < -0.4 is 5.32 Å². The first-order valence-corrected chi connectivity index (χ1v) is 8.30. The second-order valence-electron chi connectivity index (χ2n) is 6.13. The van der Waals surface area contributed by atoms with Crippen LogP contribution in [-0.4, -0.2) is 20.9 Å². The fourth-order valence-corrected chi connectivity index (χ4v) is 2.91. The topological polar surface area (TPSA) is 50.7 Å². The number of nitrogens with one attached hydrogen (secondary N) is 1. The fourth-order valence-electron chi connectivity index (χ4n) is 2.30. The number of nitrogens with zero attached hydrogens (tertiary/aromatic N) is 3. The quantitative estimate of drug-likeness (QED) is 0.840. The molecule has 0 radical (unpaired) electrons. The smallest absolute Gasteiger partial charge is 0.202 e. The lowest BCUT2D eigenvalue weighted by Gasteiger charge is -2.21. The highest BCUT2D eigenvalue weighted by Gasteiger charge is 2.16. The van der Waals surface area contributed by atoms with E-state index in [2.05, 4.69) is 53.4 Å². The molecule has 0 bridgehead atoms. The average molecular weight is 304 g/mol. The summed E-state index contributed by atoms with van der Waals surface area (Å²) in [6.45, 7) is 9.71. The van der Waals surface area contributed by atoms with Gasteiger partial charge in [-0.15, -0.1) is 0 Å². The van der Waals surface area contributed by atoms with E-state index in [9.17, 15) is 0 Å². The molecule has 1 N–H and O–H groups in total. The zero-order valence-corrected chi connectivity index (χ0v) is 14.0. The molecule has 2 heterocycles. The zero-order chi connectivity index (χ0) is 15.2. The first kappa shape index (κ1) is 15.9. The van der Waals surface area contributed by atoms with E-state index in [1.54, 1.807) is 0 Å². The molecule has 0 spiro atoms. The number of hydrogen-bond donors (Lipinski definition) is 1.